The maximum atomic E-state index is 12.1. The van der Waals surface area contributed by atoms with Gasteiger partial charge in [0.15, 0.2) is 0 Å². The standard InChI is InChI=1S/C13H18F3NO/c1-3-6-12(17-4-2)10-7-5-8-11(9-10)18-13(14,15)16/h5,7-9,12,17H,3-4,6H2,1-2H3. The van der Waals surface area contributed by atoms with E-state index in [2.05, 4.69) is 10.1 Å². The summed E-state index contributed by atoms with van der Waals surface area (Å²) in [6, 6.07) is 6.21. The second-order valence-electron chi connectivity index (χ2n) is 4.02. The minimum absolute atomic E-state index is 0.0665. The topological polar surface area (TPSA) is 21.3 Å². The van der Waals surface area contributed by atoms with Crippen LogP contribution in [-0.2, 0) is 0 Å². The van der Waals surface area contributed by atoms with Crippen LogP contribution in [0.5, 0.6) is 5.75 Å². The van der Waals surface area contributed by atoms with Gasteiger partial charge in [0.25, 0.3) is 0 Å². The van der Waals surface area contributed by atoms with Gasteiger partial charge in [-0.1, -0.05) is 32.4 Å². The molecule has 0 saturated carbocycles. The molecule has 1 aromatic carbocycles. The molecule has 0 aliphatic rings. The van der Waals surface area contributed by atoms with Crippen LogP contribution < -0.4 is 10.1 Å². The Morgan fingerprint density at radius 1 is 1.28 bits per heavy atom. The van der Waals surface area contributed by atoms with E-state index >= 15 is 0 Å². The van der Waals surface area contributed by atoms with Crippen molar-refractivity contribution in [3.05, 3.63) is 29.8 Å². The zero-order chi connectivity index (χ0) is 13.6. The van der Waals surface area contributed by atoms with E-state index in [0.29, 0.717) is 0 Å². The lowest BCUT2D eigenvalue weighted by Gasteiger charge is -2.18. The largest absolute Gasteiger partial charge is 0.573 e. The van der Waals surface area contributed by atoms with Crippen LogP contribution in [0.25, 0.3) is 0 Å². The molecule has 1 rings (SSSR count). The molecule has 0 saturated heterocycles. The molecule has 2 nitrogen and oxygen atoms in total. The highest BCUT2D eigenvalue weighted by Gasteiger charge is 2.31. The fourth-order valence-electron chi connectivity index (χ4n) is 1.85. The number of halogens is 3. The lowest BCUT2D eigenvalue weighted by Crippen LogP contribution is -2.21. The molecule has 1 atom stereocenters. The Balaban J connectivity index is 2.84. The Hall–Kier alpha value is -1.23. The molecule has 0 bridgehead atoms. The first-order valence-corrected chi connectivity index (χ1v) is 6.05. The Morgan fingerprint density at radius 2 is 2.00 bits per heavy atom. The van der Waals surface area contributed by atoms with Crippen molar-refractivity contribution in [2.24, 2.45) is 0 Å². The zero-order valence-electron chi connectivity index (χ0n) is 10.6. The van der Waals surface area contributed by atoms with Crippen molar-refractivity contribution < 1.29 is 17.9 Å². The Morgan fingerprint density at radius 3 is 2.56 bits per heavy atom. The minimum Gasteiger partial charge on any atom is -0.406 e. The van der Waals surface area contributed by atoms with Crippen molar-refractivity contribution in [1.82, 2.24) is 5.32 Å². The summed E-state index contributed by atoms with van der Waals surface area (Å²) in [4.78, 5) is 0. The molecule has 18 heavy (non-hydrogen) atoms. The quantitative estimate of drug-likeness (QED) is 0.834. The maximum absolute atomic E-state index is 12.1. The van der Waals surface area contributed by atoms with E-state index in [1.807, 2.05) is 19.9 Å². The number of nitrogens with one attached hydrogen (secondary N) is 1. The van der Waals surface area contributed by atoms with E-state index < -0.39 is 6.36 Å². The fourth-order valence-corrected chi connectivity index (χ4v) is 1.85. The predicted octanol–water partition coefficient (Wildman–Crippen LogP) is 4.04. The number of ether oxygens (including phenoxy) is 1. The fraction of sp³-hybridized carbons (Fsp3) is 0.538. The Bertz CT molecular complexity index is 359. The van der Waals surface area contributed by atoms with Gasteiger partial charge in [-0.3, -0.25) is 0 Å². The second kappa shape index (κ2) is 6.64. The molecule has 1 N–H and O–H groups in total. The molecule has 0 aromatic heterocycles. The summed E-state index contributed by atoms with van der Waals surface area (Å²) in [5.41, 5.74) is 0.820. The predicted molar refractivity (Wildman–Crippen MR) is 64.5 cm³/mol. The molecular formula is C13H18F3NO. The van der Waals surface area contributed by atoms with Crippen molar-refractivity contribution in [1.29, 1.82) is 0 Å². The molecule has 0 aliphatic carbocycles. The van der Waals surface area contributed by atoms with Crippen molar-refractivity contribution in [2.45, 2.75) is 39.1 Å². The van der Waals surface area contributed by atoms with Gasteiger partial charge in [0.1, 0.15) is 5.75 Å². The van der Waals surface area contributed by atoms with Crippen LogP contribution >= 0.6 is 0 Å². The highest BCUT2D eigenvalue weighted by molar-refractivity contribution is 5.30. The summed E-state index contributed by atoms with van der Waals surface area (Å²) in [5.74, 6) is -0.168. The van der Waals surface area contributed by atoms with E-state index in [-0.39, 0.29) is 11.8 Å². The van der Waals surface area contributed by atoms with Crippen molar-refractivity contribution in [3.8, 4) is 5.75 Å². The Kier molecular flexibility index (Phi) is 5.47. The van der Waals surface area contributed by atoms with E-state index in [4.69, 9.17) is 0 Å². The first-order chi connectivity index (χ1) is 8.46. The summed E-state index contributed by atoms with van der Waals surface area (Å²) in [5, 5.41) is 3.25. The van der Waals surface area contributed by atoms with Crippen molar-refractivity contribution >= 4 is 0 Å². The first-order valence-electron chi connectivity index (χ1n) is 6.05. The van der Waals surface area contributed by atoms with Gasteiger partial charge in [-0.2, -0.15) is 0 Å². The van der Waals surface area contributed by atoms with Crippen LogP contribution in [0.1, 0.15) is 38.3 Å². The van der Waals surface area contributed by atoms with Crippen LogP contribution in [0.3, 0.4) is 0 Å². The van der Waals surface area contributed by atoms with Crippen molar-refractivity contribution in [3.63, 3.8) is 0 Å². The van der Waals surface area contributed by atoms with E-state index in [1.54, 1.807) is 6.07 Å². The molecule has 1 unspecified atom stereocenters. The van der Waals surface area contributed by atoms with Gasteiger partial charge in [-0.05, 0) is 30.7 Å². The normalized spacial score (nSPS) is 13.4. The maximum Gasteiger partial charge on any atom is 0.573 e. The number of hydrogen-bond acceptors (Lipinski definition) is 2. The van der Waals surface area contributed by atoms with Crippen LogP contribution in [0.2, 0.25) is 0 Å². The summed E-state index contributed by atoms with van der Waals surface area (Å²) in [6.07, 6.45) is -2.80. The summed E-state index contributed by atoms with van der Waals surface area (Å²) in [7, 11) is 0. The smallest absolute Gasteiger partial charge is 0.406 e. The summed E-state index contributed by atoms with van der Waals surface area (Å²) in [6.45, 7) is 4.79. The average molecular weight is 261 g/mol. The lowest BCUT2D eigenvalue weighted by molar-refractivity contribution is -0.274. The molecular weight excluding hydrogens is 243 g/mol. The highest BCUT2D eigenvalue weighted by Crippen LogP contribution is 2.27. The molecule has 1 aromatic rings. The number of alkyl halides is 3. The summed E-state index contributed by atoms with van der Waals surface area (Å²) >= 11 is 0. The number of rotatable bonds is 6. The lowest BCUT2D eigenvalue weighted by atomic mass is 10.0. The molecule has 0 amide bonds. The van der Waals surface area contributed by atoms with Gasteiger partial charge in [-0.25, -0.2) is 0 Å². The minimum atomic E-state index is -4.64. The van der Waals surface area contributed by atoms with Gasteiger partial charge in [-0.15, -0.1) is 13.2 Å². The van der Waals surface area contributed by atoms with Crippen LogP contribution in [0.4, 0.5) is 13.2 Å². The van der Waals surface area contributed by atoms with E-state index in [9.17, 15) is 13.2 Å². The molecule has 0 spiro atoms. The third-order valence-corrected chi connectivity index (χ3v) is 2.52. The second-order valence-corrected chi connectivity index (χ2v) is 4.02. The molecule has 0 radical (unpaired) electrons. The number of hydrogen-bond donors (Lipinski definition) is 1. The van der Waals surface area contributed by atoms with Crippen LogP contribution in [0, 0.1) is 0 Å². The SMILES string of the molecule is CCCC(NCC)c1cccc(OC(F)(F)F)c1. The third-order valence-electron chi connectivity index (χ3n) is 2.52. The van der Waals surface area contributed by atoms with Gasteiger partial charge >= 0.3 is 6.36 Å². The highest BCUT2D eigenvalue weighted by atomic mass is 19.4. The monoisotopic (exact) mass is 261 g/mol. The van der Waals surface area contributed by atoms with Crippen LogP contribution in [-0.4, -0.2) is 12.9 Å². The van der Waals surface area contributed by atoms with Crippen LogP contribution in [0.15, 0.2) is 24.3 Å². The molecule has 5 heteroatoms. The van der Waals surface area contributed by atoms with Gasteiger partial charge in [0.2, 0.25) is 0 Å². The molecule has 0 fully saturated rings. The molecule has 0 aliphatic heterocycles. The first kappa shape index (κ1) is 14.8. The summed E-state index contributed by atoms with van der Waals surface area (Å²) < 4.78 is 40.3. The van der Waals surface area contributed by atoms with Gasteiger partial charge in [0.05, 0.1) is 0 Å². The van der Waals surface area contributed by atoms with E-state index in [1.165, 1.54) is 12.1 Å². The zero-order valence-corrected chi connectivity index (χ0v) is 10.6. The van der Waals surface area contributed by atoms with Gasteiger partial charge in [0, 0.05) is 6.04 Å². The molecule has 0 heterocycles. The number of benzene rings is 1. The third kappa shape index (κ3) is 4.96. The van der Waals surface area contributed by atoms with Gasteiger partial charge < -0.3 is 10.1 Å². The van der Waals surface area contributed by atoms with E-state index in [0.717, 1.165) is 24.9 Å². The molecule has 102 valence electrons. The van der Waals surface area contributed by atoms with Crippen molar-refractivity contribution in [2.75, 3.05) is 6.54 Å². The average Bonchev–Trinajstić information content (AvgIpc) is 2.27. The Labute approximate surface area is 105 Å².